The number of aromatic nitrogens is 3. The van der Waals surface area contributed by atoms with E-state index in [1.807, 2.05) is 0 Å². The minimum atomic E-state index is -0.629. The number of aliphatic hydroxyl groups excluding tert-OH is 1. The molecule has 1 aromatic rings. The third-order valence-corrected chi connectivity index (χ3v) is 2.11. The fourth-order valence-electron chi connectivity index (χ4n) is 1.29. The average Bonchev–Trinajstić information content (AvgIpc) is 2.59. The second-order valence-electron chi connectivity index (χ2n) is 3.54. The highest BCUT2D eigenvalue weighted by molar-refractivity contribution is 5.91. The Morgan fingerprint density at radius 1 is 1.69 bits per heavy atom. The van der Waals surface area contributed by atoms with E-state index in [2.05, 4.69) is 10.3 Å². The van der Waals surface area contributed by atoms with E-state index in [1.165, 1.54) is 11.8 Å². The molecule has 0 aromatic carbocycles. The average molecular weight is 228 g/mol. The first kappa shape index (κ1) is 12.6. The summed E-state index contributed by atoms with van der Waals surface area (Å²) < 4.78 is 6.48. The monoisotopic (exact) mass is 228 g/mol. The molecule has 0 aliphatic carbocycles. The number of ether oxygens (including phenoxy) is 1. The van der Waals surface area contributed by atoms with Gasteiger partial charge in [0, 0.05) is 13.7 Å². The number of aliphatic hydroxyl groups is 1. The number of amides is 1. The molecule has 7 nitrogen and oxygen atoms in total. The first-order valence-electron chi connectivity index (χ1n) is 4.95. The predicted molar refractivity (Wildman–Crippen MR) is 55.6 cm³/mol. The van der Waals surface area contributed by atoms with Crippen LogP contribution >= 0.6 is 0 Å². The van der Waals surface area contributed by atoms with Gasteiger partial charge in [-0.05, 0) is 13.3 Å². The van der Waals surface area contributed by atoms with Crippen LogP contribution in [-0.4, -0.2) is 39.2 Å². The Balaban J connectivity index is 2.86. The molecule has 0 radical (unpaired) electrons. The molecular weight excluding hydrogens is 212 g/mol. The van der Waals surface area contributed by atoms with Gasteiger partial charge in [0.15, 0.2) is 5.69 Å². The van der Waals surface area contributed by atoms with Gasteiger partial charge >= 0.3 is 0 Å². The maximum atomic E-state index is 11.0. The SMILES string of the molecule is COCc1c(C(N)=O)nnn1CCC(C)O. The summed E-state index contributed by atoms with van der Waals surface area (Å²) in [6, 6.07) is 0. The highest BCUT2D eigenvalue weighted by Gasteiger charge is 2.17. The summed E-state index contributed by atoms with van der Waals surface area (Å²) in [5, 5.41) is 16.7. The molecule has 0 spiro atoms. The topological polar surface area (TPSA) is 103 Å². The van der Waals surface area contributed by atoms with Crippen molar-refractivity contribution in [3.63, 3.8) is 0 Å². The van der Waals surface area contributed by atoms with Gasteiger partial charge in [-0.1, -0.05) is 5.21 Å². The Morgan fingerprint density at radius 3 is 2.88 bits per heavy atom. The smallest absolute Gasteiger partial charge is 0.271 e. The van der Waals surface area contributed by atoms with E-state index in [1.54, 1.807) is 6.92 Å². The number of carbonyl (C=O) groups excluding carboxylic acids is 1. The molecule has 1 aromatic heterocycles. The fourth-order valence-corrected chi connectivity index (χ4v) is 1.29. The highest BCUT2D eigenvalue weighted by Crippen LogP contribution is 2.07. The van der Waals surface area contributed by atoms with Crippen LogP contribution < -0.4 is 5.73 Å². The predicted octanol–water partition coefficient (Wildman–Crippen LogP) is -0.706. The molecule has 7 heteroatoms. The van der Waals surface area contributed by atoms with E-state index < -0.39 is 12.0 Å². The van der Waals surface area contributed by atoms with Crippen molar-refractivity contribution in [1.29, 1.82) is 0 Å². The van der Waals surface area contributed by atoms with Crippen molar-refractivity contribution in [2.45, 2.75) is 32.6 Å². The van der Waals surface area contributed by atoms with Crippen LogP contribution in [0.5, 0.6) is 0 Å². The van der Waals surface area contributed by atoms with Gasteiger partial charge in [0.1, 0.15) is 0 Å². The Kier molecular flexibility index (Phi) is 4.39. The Hall–Kier alpha value is -1.47. The molecule has 0 saturated heterocycles. The van der Waals surface area contributed by atoms with Crippen LogP contribution in [-0.2, 0) is 17.9 Å². The summed E-state index contributed by atoms with van der Waals surface area (Å²) in [6.45, 7) is 2.36. The van der Waals surface area contributed by atoms with Crippen LogP contribution in [0.15, 0.2) is 0 Å². The zero-order valence-electron chi connectivity index (χ0n) is 9.38. The normalized spacial score (nSPS) is 12.7. The van der Waals surface area contributed by atoms with Gasteiger partial charge < -0.3 is 15.6 Å². The molecule has 1 amide bonds. The fraction of sp³-hybridized carbons (Fsp3) is 0.667. The van der Waals surface area contributed by atoms with Crippen molar-refractivity contribution in [2.75, 3.05) is 7.11 Å². The molecule has 90 valence electrons. The van der Waals surface area contributed by atoms with Gasteiger partial charge in [0.25, 0.3) is 5.91 Å². The molecule has 0 aliphatic rings. The number of primary amides is 1. The van der Waals surface area contributed by atoms with Gasteiger partial charge in [-0.25, -0.2) is 4.68 Å². The minimum absolute atomic E-state index is 0.118. The van der Waals surface area contributed by atoms with E-state index >= 15 is 0 Å². The van der Waals surface area contributed by atoms with Gasteiger partial charge in [0.2, 0.25) is 0 Å². The molecule has 1 atom stereocenters. The van der Waals surface area contributed by atoms with Crippen molar-refractivity contribution in [3.8, 4) is 0 Å². The molecule has 0 fully saturated rings. The lowest BCUT2D eigenvalue weighted by atomic mass is 10.2. The van der Waals surface area contributed by atoms with Gasteiger partial charge in [-0.15, -0.1) is 5.10 Å². The molecule has 0 saturated carbocycles. The lowest BCUT2D eigenvalue weighted by molar-refractivity contribution is 0.0989. The number of nitrogens with zero attached hydrogens (tertiary/aromatic N) is 3. The molecule has 0 aliphatic heterocycles. The van der Waals surface area contributed by atoms with Crippen molar-refractivity contribution in [1.82, 2.24) is 15.0 Å². The van der Waals surface area contributed by atoms with Crippen LogP contribution in [0.3, 0.4) is 0 Å². The van der Waals surface area contributed by atoms with E-state index in [-0.39, 0.29) is 12.3 Å². The Morgan fingerprint density at radius 2 is 2.38 bits per heavy atom. The second-order valence-corrected chi connectivity index (χ2v) is 3.54. The van der Waals surface area contributed by atoms with E-state index in [4.69, 9.17) is 15.6 Å². The molecule has 1 heterocycles. The number of hydrogen-bond acceptors (Lipinski definition) is 5. The highest BCUT2D eigenvalue weighted by atomic mass is 16.5. The zero-order valence-corrected chi connectivity index (χ0v) is 9.38. The molecular formula is C9H16N4O3. The number of methoxy groups -OCH3 is 1. The molecule has 3 N–H and O–H groups in total. The quantitative estimate of drug-likeness (QED) is 0.669. The third kappa shape index (κ3) is 3.01. The van der Waals surface area contributed by atoms with Gasteiger partial charge in [-0.2, -0.15) is 0 Å². The van der Waals surface area contributed by atoms with Crippen molar-refractivity contribution in [2.24, 2.45) is 5.73 Å². The van der Waals surface area contributed by atoms with Crippen LogP contribution in [0.4, 0.5) is 0 Å². The first-order chi connectivity index (χ1) is 7.56. The summed E-state index contributed by atoms with van der Waals surface area (Å²) in [7, 11) is 1.51. The molecule has 0 bridgehead atoms. The third-order valence-electron chi connectivity index (χ3n) is 2.11. The summed E-state index contributed by atoms with van der Waals surface area (Å²) in [5.74, 6) is -0.629. The summed E-state index contributed by atoms with van der Waals surface area (Å²) >= 11 is 0. The summed E-state index contributed by atoms with van der Waals surface area (Å²) in [5.41, 5.74) is 5.81. The first-order valence-corrected chi connectivity index (χ1v) is 4.95. The van der Waals surface area contributed by atoms with E-state index in [9.17, 15) is 4.79 Å². The largest absolute Gasteiger partial charge is 0.393 e. The number of hydrogen-bond donors (Lipinski definition) is 2. The lowest BCUT2D eigenvalue weighted by Crippen LogP contribution is -2.16. The lowest BCUT2D eigenvalue weighted by Gasteiger charge is -2.07. The van der Waals surface area contributed by atoms with Crippen LogP contribution in [0.1, 0.15) is 29.5 Å². The number of carbonyl (C=O) groups is 1. The van der Waals surface area contributed by atoms with Crippen LogP contribution in [0.25, 0.3) is 0 Å². The Labute approximate surface area is 93.2 Å². The second kappa shape index (κ2) is 5.57. The molecule has 1 rings (SSSR count). The van der Waals surface area contributed by atoms with E-state index in [0.29, 0.717) is 18.7 Å². The molecule has 16 heavy (non-hydrogen) atoms. The van der Waals surface area contributed by atoms with E-state index in [0.717, 1.165) is 0 Å². The van der Waals surface area contributed by atoms with Gasteiger partial charge in [-0.3, -0.25) is 4.79 Å². The number of rotatable bonds is 6. The van der Waals surface area contributed by atoms with Crippen LogP contribution in [0.2, 0.25) is 0 Å². The Bertz CT molecular complexity index is 362. The van der Waals surface area contributed by atoms with Crippen molar-refractivity contribution >= 4 is 5.91 Å². The summed E-state index contributed by atoms with van der Waals surface area (Å²) in [4.78, 5) is 11.0. The summed E-state index contributed by atoms with van der Waals surface area (Å²) in [6.07, 6.45) is 0.0924. The van der Waals surface area contributed by atoms with Crippen molar-refractivity contribution < 1.29 is 14.6 Å². The molecule has 1 unspecified atom stereocenters. The number of aryl methyl sites for hydroxylation is 1. The van der Waals surface area contributed by atoms with Gasteiger partial charge in [0.05, 0.1) is 18.4 Å². The number of nitrogens with two attached hydrogens (primary N) is 1. The maximum absolute atomic E-state index is 11.0. The van der Waals surface area contributed by atoms with Crippen LogP contribution in [0, 0.1) is 0 Å². The maximum Gasteiger partial charge on any atom is 0.271 e. The van der Waals surface area contributed by atoms with Crippen molar-refractivity contribution in [3.05, 3.63) is 11.4 Å². The standard InChI is InChI=1S/C9H16N4O3/c1-6(14)3-4-13-7(5-16-2)8(9(10)15)11-12-13/h6,14H,3-5H2,1-2H3,(H2,10,15). The zero-order chi connectivity index (χ0) is 12.1. The minimum Gasteiger partial charge on any atom is -0.393 e.